The minimum Gasteiger partial charge on any atom is -0.507 e. The number of hydrogen-bond acceptors (Lipinski definition) is 3. The van der Waals surface area contributed by atoms with E-state index in [4.69, 9.17) is 9.97 Å². The Labute approximate surface area is 336 Å². The van der Waals surface area contributed by atoms with E-state index in [1.165, 1.54) is 33.4 Å². The van der Waals surface area contributed by atoms with E-state index in [1.54, 1.807) is 6.07 Å². The average molecular weight is 744 g/mol. The smallest absolute Gasteiger partial charge is 0.149 e. The minimum absolute atomic E-state index is 0.0475. The molecule has 0 saturated carbocycles. The fourth-order valence-corrected chi connectivity index (χ4v) is 8.68. The maximum absolute atomic E-state index is 11.4. The average Bonchev–Trinajstić information content (AvgIpc) is 3.70. The zero-order valence-corrected chi connectivity index (χ0v) is 34.1. The number of aromatic hydroxyl groups is 1. The van der Waals surface area contributed by atoms with E-state index in [-0.39, 0.29) is 22.0 Å². The largest absolute Gasteiger partial charge is 0.507 e. The van der Waals surface area contributed by atoms with Crippen molar-refractivity contribution in [3.63, 3.8) is 0 Å². The zero-order valence-electron chi connectivity index (χ0n) is 34.1. The number of benzene rings is 6. The third-order valence-electron chi connectivity index (χ3n) is 11.9. The van der Waals surface area contributed by atoms with Gasteiger partial charge in [-0.2, -0.15) is 0 Å². The maximum Gasteiger partial charge on any atom is 0.149 e. The standard InChI is InChI=1S/C53H49N3O/c1-51(2,3)36-25-26-44(41(32-36)33-17-10-9-11-18-33)56-45-23-16-21-38(49(45)55-50(56)40-20-13-15-24-46(40)57)34-29-35(31-37(30-34)52(4,5)6)48-47-39-19-12-14-22-42(39)53(7,8)43(47)27-28-54-48/h9-32,57H,1-8H3. The van der Waals surface area contributed by atoms with Gasteiger partial charge in [0.2, 0.25) is 0 Å². The Bertz CT molecular complexity index is 2850. The number of hydrogen-bond donors (Lipinski definition) is 1. The van der Waals surface area contributed by atoms with Gasteiger partial charge in [0.1, 0.15) is 11.6 Å². The lowest BCUT2D eigenvalue weighted by atomic mass is 9.82. The van der Waals surface area contributed by atoms with Gasteiger partial charge in [-0.15, -0.1) is 0 Å². The summed E-state index contributed by atoms with van der Waals surface area (Å²) >= 11 is 0. The molecule has 0 fully saturated rings. The van der Waals surface area contributed by atoms with E-state index in [0.717, 1.165) is 50.2 Å². The molecule has 0 amide bonds. The van der Waals surface area contributed by atoms with Crippen LogP contribution in [0.4, 0.5) is 0 Å². The van der Waals surface area contributed by atoms with Gasteiger partial charge in [-0.3, -0.25) is 9.55 Å². The molecule has 8 aromatic rings. The number of rotatable bonds is 5. The van der Waals surface area contributed by atoms with Crippen molar-refractivity contribution in [2.75, 3.05) is 0 Å². The molecule has 282 valence electrons. The van der Waals surface area contributed by atoms with Crippen LogP contribution < -0.4 is 0 Å². The number of nitrogens with zero attached hydrogens (tertiary/aromatic N) is 3. The van der Waals surface area contributed by atoms with Gasteiger partial charge in [0.05, 0.1) is 28.0 Å². The first-order valence-electron chi connectivity index (χ1n) is 20.0. The van der Waals surface area contributed by atoms with Gasteiger partial charge < -0.3 is 5.11 Å². The summed E-state index contributed by atoms with van der Waals surface area (Å²) in [6.45, 7) is 18.2. The van der Waals surface area contributed by atoms with Crippen molar-refractivity contribution in [2.24, 2.45) is 0 Å². The van der Waals surface area contributed by atoms with Crippen LogP contribution in [0.25, 0.3) is 72.7 Å². The van der Waals surface area contributed by atoms with Crippen molar-refractivity contribution < 1.29 is 5.11 Å². The van der Waals surface area contributed by atoms with Gasteiger partial charge in [-0.05, 0) is 98.3 Å². The van der Waals surface area contributed by atoms with E-state index < -0.39 is 0 Å². The van der Waals surface area contributed by atoms with Crippen LogP contribution in [0.15, 0.2) is 146 Å². The Balaban J connectivity index is 1.33. The highest BCUT2D eigenvalue weighted by Crippen LogP contribution is 2.52. The van der Waals surface area contributed by atoms with E-state index in [2.05, 4.69) is 175 Å². The van der Waals surface area contributed by atoms with Gasteiger partial charge in [0.25, 0.3) is 0 Å². The molecule has 0 bridgehead atoms. The molecular weight excluding hydrogens is 695 g/mol. The second-order valence-electron chi connectivity index (χ2n) is 18.1. The molecule has 0 spiro atoms. The molecule has 0 radical (unpaired) electrons. The van der Waals surface area contributed by atoms with Crippen molar-refractivity contribution in [1.29, 1.82) is 0 Å². The van der Waals surface area contributed by atoms with Crippen LogP contribution >= 0.6 is 0 Å². The molecule has 9 rings (SSSR count). The molecule has 0 saturated heterocycles. The molecule has 4 heteroatoms. The van der Waals surface area contributed by atoms with Gasteiger partial charge in [0.15, 0.2) is 0 Å². The van der Waals surface area contributed by atoms with Crippen LogP contribution in [-0.2, 0) is 16.2 Å². The molecule has 2 heterocycles. The summed E-state index contributed by atoms with van der Waals surface area (Å²) < 4.78 is 2.24. The van der Waals surface area contributed by atoms with Crippen LogP contribution in [0.2, 0.25) is 0 Å². The highest BCUT2D eigenvalue weighted by Gasteiger charge is 2.37. The van der Waals surface area contributed by atoms with Crippen molar-refractivity contribution >= 4 is 11.0 Å². The van der Waals surface area contributed by atoms with Crippen LogP contribution in [0.1, 0.15) is 77.6 Å². The highest BCUT2D eigenvalue weighted by molar-refractivity contribution is 5.98. The number of aromatic nitrogens is 3. The molecule has 0 atom stereocenters. The van der Waals surface area contributed by atoms with Crippen LogP contribution in [0.5, 0.6) is 5.75 Å². The Hall–Kier alpha value is -6.26. The number of para-hydroxylation sites is 2. The quantitative estimate of drug-likeness (QED) is 0.191. The SMILES string of the molecule is CC(C)(C)c1cc(-c2nccc3c2-c2ccccc2C3(C)C)cc(-c2cccc3c2nc(-c2ccccc2O)n3-c2ccc(C(C)(C)C)cc2-c2ccccc2)c1. The maximum atomic E-state index is 11.4. The highest BCUT2D eigenvalue weighted by atomic mass is 16.3. The molecule has 57 heavy (non-hydrogen) atoms. The Kier molecular flexibility index (Phi) is 8.40. The predicted molar refractivity (Wildman–Crippen MR) is 237 cm³/mol. The van der Waals surface area contributed by atoms with Crippen LogP contribution in [0, 0.1) is 0 Å². The van der Waals surface area contributed by atoms with Crippen molar-refractivity contribution in [3.8, 4) is 67.5 Å². The number of phenols is 1. The second kappa shape index (κ2) is 13.2. The third kappa shape index (κ3) is 6.06. The van der Waals surface area contributed by atoms with Crippen LogP contribution in [-0.4, -0.2) is 19.6 Å². The lowest BCUT2D eigenvalue weighted by Gasteiger charge is -2.23. The van der Waals surface area contributed by atoms with E-state index in [0.29, 0.717) is 11.4 Å². The molecule has 1 aliphatic rings. The van der Waals surface area contributed by atoms with E-state index >= 15 is 0 Å². The minimum atomic E-state index is -0.131. The number of imidazole rings is 1. The van der Waals surface area contributed by atoms with Gasteiger partial charge in [0, 0.05) is 33.9 Å². The topological polar surface area (TPSA) is 50.9 Å². The van der Waals surface area contributed by atoms with E-state index in [9.17, 15) is 5.11 Å². The molecule has 2 aromatic heterocycles. The third-order valence-corrected chi connectivity index (χ3v) is 11.9. The first-order valence-corrected chi connectivity index (χ1v) is 20.0. The van der Waals surface area contributed by atoms with Gasteiger partial charge >= 0.3 is 0 Å². The lowest BCUT2D eigenvalue weighted by molar-refractivity contribution is 0.477. The summed E-state index contributed by atoms with van der Waals surface area (Å²) in [4.78, 5) is 10.6. The summed E-state index contributed by atoms with van der Waals surface area (Å²) in [6.07, 6.45) is 1.97. The second-order valence-corrected chi connectivity index (χ2v) is 18.1. The summed E-state index contributed by atoms with van der Waals surface area (Å²) in [5.74, 6) is 0.872. The van der Waals surface area contributed by atoms with E-state index in [1.807, 2.05) is 24.4 Å². The molecule has 1 aliphatic carbocycles. The molecule has 0 unspecified atom stereocenters. The monoisotopic (exact) mass is 743 g/mol. The molecule has 1 N–H and O–H groups in total. The molecular formula is C53H49N3O. The molecule has 0 aliphatic heterocycles. The lowest BCUT2D eigenvalue weighted by Crippen LogP contribution is -2.15. The van der Waals surface area contributed by atoms with Crippen molar-refractivity contribution in [2.45, 2.75) is 71.6 Å². The van der Waals surface area contributed by atoms with Crippen molar-refractivity contribution in [1.82, 2.24) is 14.5 Å². The first kappa shape index (κ1) is 36.4. The summed E-state index contributed by atoms with van der Waals surface area (Å²) in [5, 5.41) is 11.4. The van der Waals surface area contributed by atoms with Crippen LogP contribution in [0.3, 0.4) is 0 Å². The number of phenolic OH excluding ortho intramolecular Hbond substituents is 1. The Morgan fingerprint density at radius 1 is 0.544 bits per heavy atom. The summed E-state index contributed by atoms with van der Waals surface area (Å²) in [7, 11) is 0. The molecule has 4 nitrogen and oxygen atoms in total. The van der Waals surface area contributed by atoms with Gasteiger partial charge in [-0.25, -0.2) is 4.98 Å². The Morgan fingerprint density at radius 2 is 1.21 bits per heavy atom. The Morgan fingerprint density at radius 3 is 1.95 bits per heavy atom. The normalized spacial score (nSPS) is 13.5. The predicted octanol–water partition coefficient (Wildman–Crippen LogP) is 13.7. The molecule has 6 aromatic carbocycles. The number of pyridine rings is 1. The number of fused-ring (bicyclic) bond motifs is 4. The summed E-state index contributed by atoms with van der Waals surface area (Å²) in [5.41, 5.74) is 17.2. The van der Waals surface area contributed by atoms with Gasteiger partial charge in [-0.1, -0.05) is 146 Å². The fourth-order valence-electron chi connectivity index (χ4n) is 8.68. The van der Waals surface area contributed by atoms with Crippen molar-refractivity contribution in [3.05, 3.63) is 168 Å². The first-order chi connectivity index (χ1) is 27.2. The zero-order chi connectivity index (χ0) is 39.9. The summed E-state index contributed by atoms with van der Waals surface area (Å²) in [6, 6.07) is 49.3. The fraction of sp³-hybridized carbons (Fsp3) is 0.208.